The number of hydrogen-bond donors (Lipinski definition) is 2. The number of ether oxygens (including phenoxy) is 1. The maximum atomic E-state index is 12.3. The van der Waals surface area contributed by atoms with Crippen molar-refractivity contribution in [1.29, 1.82) is 0 Å². The highest BCUT2D eigenvalue weighted by Gasteiger charge is 2.39. The van der Waals surface area contributed by atoms with Gasteiger partial charge < -0.3 is 15.2 Å². The fourth-order valence-corrected chi connectivity index (χ4v) is 3.04. The van der Waals surface area contributed by atoms with Crippen LogP contribution in [0.1, 0.15) is 23.0 Å². The molecular formula is C12H15N5O3S. The summed E-state index contributed by atoms with van der Waals surface area (Å²) in [7, 11) is 0. The lowest BCUT2D eigenvalue weighted by molar-refractivity contribution is -0.0251. The molecule has 0 spiro atoms. The molecule has 9 heteroatoms. The van der Waals surface area contributed by atoms with Crippen LogP contribution in [0.15, 0.2) is 17.8 Å². The molecule has 1 amide bonds. The van der Waals surface area contributed by atoms with E-state index in [0.717, 1.165) is 0 Å². The number of rotatable bonds is 4. The van der Waals surface area contributed by atoms with Gasteiger partial charge in [-0.1, -0.05) is 0 Å². The minimum absolute atomic E-state index is 0.153. The minimum atomic E-state index is -1.01. The van der Waals surface area contributed by atoms with Crippen molar-refractivity contribution in [2.75, 3.05) is 13.2 Å². The summed E-state index contributed by atoms with van der Waals surface area (Å²) in [5.74, 6) is -0.261. The Kier molecular flexibility index (Phi) is 3.70. The molecule has 2 aromatic heterocycles. The Bertz CT molecular complexity index is 629. The number of amides is 1. The van der Waals surface area contributed by atoms with E-state index in [-0.39, 0.29) is 18.6 Å². The Morgan fingerprint density at radius 2 is 2.57 bits per heavy atom. The number of nitrogens with zero attached hydrogens (tertiary/aromatic N) is 4. The summed E-state index contributed by atoms with van der Waals surface area (Å²) in [6, 6.07) is 1.77. The Balaban J connectivity index is 1.71. The van der Waals surface area contributed by atoms with E-state index < -0.39 is 5.60 Å². The van der Waals surface area contributed by atoms with Crippen molar-refractivity contribution in [1.82, 2.24) is 25.5 Å². The van der Waals surface area contributed by atoms with E-state index in [0.29, 0.717) is 23.6 Å². The van der Waals surface area contributed by atoms with E-state index in [1.807, 2.05) is 0 Å². The molecule has 21 heavy (non-hydrogen) atoms. The molecule has 0 radical (unpaired) electrons. The molecule has 0 bridgehead atoms. The van der Waals surface area contributed by atoms with Gasteiger partial charge in [0.1, 0.15) is 16.8 Å². The molecule has 1 saturated heterocycles. The minimum Gasteiger partial charge on any atom is -0.385 e. The summed E-state index contributed by atoms with van der Waals surface area (Å²) in [6.45, 7) is 2.46. The molecule has 3 rings (SSSR count). The van der Waals surface area contributed by atoms with Crippen LogP contribution in [0.4, 0.5) is 0 Å². The highest BCUT2D eigenvalue weighted by atomic mass is 32.1. The Hall–Kier alpha value is -1.84. The van der Waals surface area contributed by atoms with Crippen LogP contribution in [-0.2, 0) is 4.74 Å². The molecular weight excluding hydrogens is 294 g/mol. The van der Waals surface area contributed by atoms with Gasteiger partial charge in [0.15, 0.2) is 0 Å². The number of carbonyl (C=O) groups excluding carboxylic acids is 1. The first-order valence-electron chi connectivity index (χ1n) is 6.53. The predicted molar refractivity (Wildman–Crippen MR) is 74.3 cm³/mol. The monoisotopic (exact) mass is 309 g/mol. The van der Waals surface area contributed by atoms with Gasteiger partial charge in [0.2, 0.25) is 0 Å². The van der Waals surface area contributed by atoms with Crippen molar-refractivity contribution in [2.45, 2.75) is 25.0 Å². The highest BCUT2D eigenvalue weighted by molar-refractivity contribution is 7.12. The van der Waals surface area contributed by atoms with Crippen molar-refractivity contribution >= 4 is 17.2 Å². The molecule has 1 aliphatic heterocycles. The quantitative estimate of drug-likeness (QED) is 0.824. The van der Waals surface area contributed by atoms with Crippen molar-refractivity contribution < 1.29 is 14.6 Å². The third-order valence-corrected chi connectivity index (χ3v) is 4.56. The first-order valence-corrected chi connectivity index (χ1v) is 7.41. The van der Waals surface area contributed by atoms with Crippen molar-refractivity contribution in [3.63, 3.8) is 0 Å². The number of nitrogens with one attached hydrogen (secondary N) is 1. The average molecular weight is 309 g/mol. The van der Waals surface area contributed by atoms with Gasteiger partial charge in [-0.25, -0.2) is 0 Å². The lowest BCUT2D eigenvalue weighted by Gasteiger charge is -2.26. The fraction of sp³-hybridized carbons (Fsp3) is 0.500. The zero-order valence-corrected chi connectivity index (χ0v) is 12.2. The van der Waals surface area contributed by atoms with Crippen molar-refractivity contribution in [3.8, 4) is 5.69 Å². The molecule has 1 aliphatic rings. The first kappa shape index (κ1) is 14.1. The predicted octanol–water partition coefficient (Wildman–Crippen LogP) is -0.00650. The molecule has 0 saturated carbocycles. The second kappa shape index (κ2) is 5.51. The second-order valence-corrected chi connectivity index (χ2v) is 5.85. The van der Waals surface area contributed by atoms with Crippen LogP contribution in [-0.4, -0.2) is 56.1 Å². The topological polar surface area (TPSA) is 102 Å². The second-order valence-electron chi connectivity index (χ2n) is 4.94. The van der Waals surface area contributed by atoms with Crippen molar-refractivity contribution in [2.24, 2.45) is 0 Å². The third kappa shape index (κ3) is 2.67. The lowest BCUT2D eigenvalue weighted by atomic mass is 9.97. The van der Waals surface area contributed by atoms with Crippen LogP contribution >= 0.6 is 11.3 Å². The van der Waals surface area contributed by atoms with Gasteiger partial charge in [-0.3, -0.25) is 4.79 Å². The zero-order valence-electron chi connectivity index (χ0n) is 11.4. The van der Waals surface area contributed by atoms with E-state index in [2.05, 4.69) is 20.8 Å². The fourth-order valence-electron chi connectivity index (χ4n) is 2.24. The maximum Gasteiger partial charge on any atom is 0.263 e. The highest BCUT2D eigenvalue weighted by Crippen LogP contribution is 2.25. The standard InChI is InChI=1S/C12H15N5O3S/c1-8-12(19,3-4-20-8)6-13-11(18)10-9(2-5-21-10)17-7-14-15-16-17/h2,5,7-8,19H,3-4,6H2,1H3,(H,13,18). The SMILES string of the molecule is CC1OCCC1(O)CNC(=O)c1sccc1-n1cnnn1. The van der Waals surface area contributed by atoms with Gasteiger partial charge in [-0.05, 0) is 28.8 Å². The van der Waals surface area contributed by atoms with E-state index in [1.165, 1.54) is 22.3 Å². The van der Waals surface area contributed by atoms with Gasteiger partial charge >= 0.3 is 0 Å². The van der Waals surface area contributed by atoms with E-state index >= 15 is 0 Å². The number of carbonyl (C=O) groups is 1. The molecule has 2 aromatic rings. The summed E-state index contributed by atoms with van der Waals surface area (Å²) in [4.78, 5) is 12.8. The molecule has 1 fully saturated rings. The number of thiophene rings is 1. The molecule has 112 valence electrons. The van der Waals surface area contributed by atoms with Gasteiger partial charge in [-0.15, -0.1) is 16.4 Å². The van der Waals surface area contributed by atoms with Gasteiger partial charge in [0.05, 0.1) is 11.8 Å². The van der Waals surface area contributed by atoms with Gasteiger partial charge in [-0.2, -0.15) is 4.68 Å². The van der Waals surface area contributed by atoms with E-state index in [9.17, 15) is 9.90 Å². The van der Waals surface area contributed by atoms with E-state index in [4.69, 9.17) is 4.74 Å². The number of aliphatic hydroxyl groups is 1. The summed E-state index contributed by atoms with van der Waals surface area (Å²) in [5.41, 5.74) is -0.396. The molecule has 3 heterocycles. The number of tetrazole rings is 1. The summed E-state index contributed by atoms with van der Waals surface area (Å²) < 4.78 is 6.78. The summed E-state index contributed by atoms with van der Waals surface area (Å²) in [5, 5.41) is 25.8. The summed E-state index contributed by atoms with van der Waals surface area (Å²) in [6.07, 6.45) is 1.65. The first-order chi connectivity index (χ1) is 10.1. The Morgan fingerprint density at radius 3 is 3.24 bits per heavy atom. The van der Waals surface area contributed by atoms with Gasteiger partial charge in [0, 0.05) is 19.6 Å². The third-order valence-electron chi connectivity index (χ3n) is 3.66. The number of aromatic nitrogens is 4. The lowest BCUT2D eigenvalue weighted by Crippen LogP contribution is -2.47. The Labute approximate surface area is 124 Å². The average Bonchev–Trinajstić information content (AvgIpc) is 3.17. The molecule has 2 unspecified atom stereocenters. The molecule has 0 aromatic carbocycles. The molecule has 0 aliphatic carbocycles. The largest absolute Gasteiger partial charge is 0.385 e. The summed E-state index contributed by atoms with van der Waals surface area (Å²) >= 11 is 1.30. The smallest absolute Gasteiger partial charge is 0.263 e. The molecule has 2 N–H and O–H groups in total. The normalized spacial score (nSPS) is 25.1. The van der Waals surface area contributed by atoms with Crippen LogP contribution in [0.25, 0.3) is 5.69 Å². The van der Waals surface area contributed by atoms with Crippen LogP contribution in [0.3, 0.4) is 0 Å². The van der Waals surface area contributed by atoms with Gasteiger partial charge in [0.25, 0.3) is 5.91 Å². The van der Waals surface area contributed by atoms with Crippen LogP contribution in [0, 0.1) is 0 Å². The maximum absolute atomic E-state index is 12.3. The van der Waals surface area contributed by atoms with Crippen LogP contribution in [0.5, 0.6) is 0 Å². The number of hydrogen-bond acceptors (Lipinski definition) is 7. The molecule has 8 nitrogen and oxygen atoms in total. The van der Waals surface area contributed by atoms with E-state index in [1.54, 1.807) is 18.4 Å². The Morgan fingerprint density at radius 1 is 1.71 bits per heavy atom. The van der Waals surface area contributed by atoms with Crippen LogP contribution < -0.4 is 5.32 Å². The van der Waals surface area contributed by atoms with Crippen LogP contribution in [0.2, 0.25) is 0 Å². The molecule has 2 atom stereocenters. The zero-order chi connectivity index (χ0) is 14.9. The van der Waals surface area contributed by atoms with Crippen molar-refractivity contribution in [3.05, 3.63) is 22.7 Å².